The molecule has 0 saturated heterocycles. The number of aryl methyl sites for hydroxylation is 1. The van der Waals surface area contributed by atoms with Crippen LogP contribution in [0.25, 0.3) is 0 Å². The normalized spacial score (nSPS) is 12.4. The molecule has 9 heteroatoms. The van der Waals surface area contributed by atoms with Crippen molar-refractivity contribution in [3.05, 3.63) is 99.9 Å². The first-order valence-electron chi connectivity index (χ1n) is 11.2. The highest BCUT2D eigenvalue weighted by atomic mass is 19.1. The number of hydrogen-bond acceptors (Lipinski definition) is 5. The molecular weight excluding hydrogens is 465 g/mol. The Kier molecular flexibility index (Phi) is 7.10. The Morgan fingerprint density at radius 2 is 1.53 bits per heavy atom. The first-order valence-corrected chi connectivity index (χ1v) is 11.2. The van der Waals surface area contributed by atoms with E-state index in [1.807, 2.05) is 0 Å². The highest BCUT2D eigenvalue weighted by Gasteiger charge is 2.35. The fraction of sp³-hybridized carbons (Fsp3) is 0.185. The number of ether oxygens (including phenoxy) is 1. The minimum atomic E-state index is -0.468. The molecule has 0 aromatic heterocycles. The average Bonchev–Trinajstić information content (AvgIpc) is 3.12. The second kappa shape index (κ2) is 10.4. The lowest BCUT2D eigenvalue weighted by Gasteiger charge is -2.16. The van der Waals surface area contributed by atoms with E-state index in [1.54, 1.807) is 49.4 Å². The molecule has 2 N–H and O–H groups in total. The van der Waals surface area contributed by atoms with Crippen molar-refractivity contribution in [1.82, 2.24) is 15.5 Å². The Balaban J connectivity index is 1.38. The molecule has 3 aromatic rings. The fourth-order valence-corrected chi connectivity index (χ4v) is 3.88. The Morgan fingerprint density at radius 1 is 0.889 bits per heavy atom. The molecule has 3 aromatic carbocycles. The number of carbonyl (C=O) groups is 4. The number of halogens is 1. The van der Waals surface area contributed by atoms with E-state index in [4.69, 9.17) is 4.74 Å². The Labute approximate surface area is 207 Å². The first-order chi connectivity index (χ1) is 17.3. The zero-order valence-corrected chi connectivity index (χ0v) is 19.8. The summed E-state index contributed by atoms with van der Waals surface area (Å²) in [5.74, 6) is -1.83. The van der Waals surface area contributed by atoms with Gasteiger partial charge in [0.1, 0.15) is 11.6 Å². The number of benzene rings is 3. The summed E-state index contributed by atoms with van der Waals surface area (Å²) in [6.07, 6.45) is 0. The van der Waals surface area contributed by atoms with Crippen LogP contribution < -0.4 is 15.4 Å². The zero-order valence-electron chi connectivity index (χ0n) is 19.8. The quantitative estimate of drug-likeness (QED) is 0.374. The smallest absolute Gasteiger partial charge is 0.261 e. The van der Waals surface area contributed by atoms with Gasteiger partial charge in [0.15, 0.2) is 0 Å². The lowest BCUT2D eigenvalue weighted by atomic mass is 10.1. The predicted molar refractivity (Wildman–Crippen MR) is 129 cm³/mol. The van der Waals surface area contributed by atoms with Crippen LogP contribution in [0.15, 0.2) is 60.7 Å². The van der Waals surface area contributed by atoms with Crippen LogP contribution in [-0.2, 0) is 6.54 Å². The number of imide groups is 1. The molecule has 0 fully saturated rings. The van der Waals surface area contributed by atoms with Gasteiger partial charge < -0.3 is 15.4 Å². The molecule has 1 aliphatic rings. The van der Waals surface area contributed by atoms with Gasteiger partial charge in [0.25, 0.3) is 23.6 Å². The fourth-order valence-electron chi connectivity index (χ4n) is 3.88. The Hall–Kier alpha value is -4.53. The van der Waals surface area contributed by atoms with Gasteiger partial charge in [0.2, 0.25) is 0 Å². The van der Waals surface area contributed by atoms with E-state index < -0.39 is 17.6 Å². The first kappa shape index (κ1) is 24.6. The Bertz CT molecular complexity index is 1340. The minimum absolute atomic E-state index is 0.000210. The van der Waals surface area contributed by atoms with Gasteiger partial charge in [-0.15, -0.1) is 0 Å². The lowest BCUT2D eigenvalue weighted by molar-refractivity contribution is 0.0642. The van der Waals surface area contributed by atoms with Crippen LogP contribution in [0.4, 0.5) is 4.39 Å². The molecule has 0 aliphatic carbocycles. The maximum atomic E-state index is 13.7. The lowest BCUT2D eigenvalue weighted by Crippen LogP contribution is -2.35. The third-order valence-corrected chi connectivity index (χ3v) is 5.86. The molecule has 0 atom stereocenters. The standard InChI is InChI=1S/C27H24FN3O5/c1-16-7-9-18(14-22(16)28)24(32)29-11-12-30-25(33)21-13-17(8-10-23(21)36-2)15-31-26(34)19-5-3-4-6-20(19)27(31)35/h3-10,13-14H,11-12,15H2,1-2H3,(H,29,32)(H,30,33). The molecule has 184 valence electrons. The van der Waals surface area contributed by atoms with Crippen LogP contribution in [0.2, 0.25) is 0 Å². The average molecular weight is 490 g/mol. The van der Waals surface area contributed by atoms with Crippen LogP contribution in [-0.4, -0.2) is 48.7 Å². The number of methoxy groups -OCH3 is 1. The molecule has 0 saturated carbocycles. The second-order valence-electron chi connectivity index (χ2n) is 8.25. The van der Waals surface area contributed by atoms with Crippen LogP contribution in [0.5, 0.6) is 5.75 Å². The van der Waals surface area contributed by atoms with Crippen LogP contribution >= 0.6 is 0 Å². The molecular formula is C27H24FN3O5. The van der Waals surface area contributed by atoms with Gasteiger partial charge in [-0.1, -0.05) is 24.3 Å². The number of carbonyl (C=O) groups excluding carboxylic acids is 4. The monoisotopic (exact) mass is 489 g/mol. The summed E-state index contributed by atoms with van der Waals surface area (Å²) in [5, 5.41) is 5.32. The van der Waals surface area contributed by atoms with Crippen molar-refractivity contribution in [2.45, 2.75) is 13.5 Å². The van der Waals surface area contributed by atoms with Crippen molar-refractivity contribution in [3.63, 3.8) is 0 Å². The molecule has 0 bridgehead atoms. The topological polar surface area (TPSA) is 105 Å². The maximum Gasteiger partial charge on any atom is 0.261 e. The molecule has 4 amide bonds. The van der Waals surface area contributed by atoms with Gasteiger partial charge in [-0.2, -0.15) is 0 Å². The summed E-state index contributed by atoms with van der Waals surface area (Å²) in [7, 11) is 1.43. The molecule has 0 spiro atoms. The van der Waals surface area contributed by atoms with E-state index in [1.165, 1.54) is 19.2 Å². The molecule has 1 aliphatic heterocycles. The number of amides is 4. The van der Waals surface area contributed by atoms with E-state index in [2.05, 4.69) is 10.6 Å². The summed E-state index contributed by atoms with van der Waals surface area (Å²) in [5.41, 5.74) is 2.13. The third-order valence-electron chi connectivity index (χ3n) is 5.86. The number of nitrogens with zero attached hydrogens (tertiary/aromatic N) is 1. The van der Waals surface area contributed by atoms with Crippen molar-refractivity contribution < 1.29 is 28.3 Å². The summed E-state index contributed by atoms with van der Waals surface area (Å²) in [6, 6.07) is 15.7. The van der Waals surface area contributed by atoms with E-state index >= 15 is 0 Å². The van der Waals surface area contributed by atoms with E-state index in [0.717, 1.165) is 11.0 Å². The maximum absolute atomic E-state index is 13.7. The Morgan fingerprint density at radius 3 is 2.14 bits per heavy atom. The number of fused-ring (bicyclic) bond motifs is 1. The summed E-state index contributed by atoms with van der Waals surface area (Å²) in [6.45, 7) is 1.84. The van der Waals surface area contributed by atoms with E-state index in [0.29, 0.717) is 28.0 Å². The highest BCUT2D eigenvalue weighted by Crippen LogP contribution is 2.26. The van der Waals surface area contributed by atoms with Crippen molar-refractivity contribution in [1.29, 1.82) is 0 Å². The van der Waals surface area contributed by atoms with Gasteiger partial charge in [-0.3, -0.25) is 24.1 Å². The predicted octanol–water partition coefficient (Wildman–Crippen LogP) is 3.10. The molecule has 4 rings (SSSR count). The molecule has 0 radical (unpaired) electrons. The molecule has 1 heterocycles. The van der Waals surface area contributed by atoms with Crippen molar-refractivity contribution in [3.8, 4) is 5.75 Å². The van der Waals surface area contributed by atoms with Gasteiger partial charge in [0.05, 0.1) is 30.3 Å². The summed E-state index contributed by atoms with van der Waals surface area (Å²) in [4.78, 5) is 51.5. The SMILES string of the molecule is COc1ccc(CN2C(=O)c3ccccc3C2=O)cc1C(=O)NCCNC(=O)c1ccc(C)c(F)c1. The summed E-state index contributed by atoms with van der Waals surface area (Å²) >= 11 is 0. The van der Waals surface area contributed by atoms with Gasteiger partial charge in [0, 0.05) is 18.7 Å². The molecule has 8 nitrogen and oxygen atoms in total. The van der Waals surface area contributed by atoms with Crippen molar-refractivity contribution in [2.24, 2.45) is 0 Å². The van der Waals surface area contributed by atoms with E-state index in [9.17, 15) is 23.6 Å². The molecule has 0 unspecified atom stereocenters. The third kappa shape index (κ3) is 4.95. The second-order valence-corrected chi connectivity index (χ2v) is 8.25. The van der Waals surface area contributed by atoms with Gasteiger partial charge >= 0.3 is 0 Å². The van der Waals surface area contributed by atoms with Gasteiger partial charge in [-0.25, -0.2) is 4.39 Å². The molecule has 36 heavy (non-hydrogen) atoms. The van der Waals surface area contributed by atoms with Crippen LogP contribution in [0.3, 0.4) is 0 Å². The number of hydrogen-bond donors (Lipinski definition) is 2. The summed E-state index contributed by atoms with van der Waals surface area (Å²) < 4.78 is 19.0. The van der Waals surface area contributed by atoms with Crippen molar-refractivity contribution >= 4 is 23.6 Å². The number of rotatable bonds is 8. The highest BCUT2D eigenvalue weighted by molar-refractivity contribution is 6.21. The van der Waals surface area contributed by atoms with Crippen LogP contribution in [0, 0.1) is 12.7 Å². The van der Waals surface area contributed by atoms with Crippen LogP contribution in [0.1, 0.15) is 52.6 Å². The minimum Gasteiger partial charge on any atom is -0.496 e. The van der Waals surface area contributed by atoms with Gasteiger partial charge in [-0.05, 0) is 54.4 Å². The van der Waals surface area contributed by atoms with Crippen molar-refractivity contribution in [2.75, 3.05) is 20.2 Å². The zero-order chi connectivity index (χ0) is 25.8. The number of nitrogens with one attached hydrogen (secondary N) is 2. The van der Waals surface area contributed by atoms with E-state index in [-0.39, 0.29) is 42.6 Å². The largest absolute Gasteiger partial charge is 0.496 e.